The van der Waals surface area contributed by atoms with Crippen LogP contribution >= 0.6 is 0 Å². The number of rotatable bonds is 9. The van der Waals surface area contributed by atoms with E-state index in [4.69, 9.17) is 23.7 Å². The van der Waals surface area contributed by atoms with Crippen LogP contribution in [0.3, 0.4) is 0 Å². The molecule has 0 bridgehead atoms. The summed E-state index contributed by atoms with van der Waals surface area (Å²) in [6, 6.07) is 8.03. The number of aliphatic hydroxyl groups excluding tert-OH is 1. The van der Waals surface area contributed by atoms with Crippen molar-refractivity contribution in [2.24, 2.45) is 17.8 Å². The summed E-state index contributed by atoms with van der Waals surface area (Å²) in [5.41, 5.74) is -5.08. The Morgan fingerprint density at radius 3 is 2.47 bits per heavy atom. The minimum atomic E-state index is -3.31. The summed E-state index contributed by atoms with van der Waals surface area (Å²) in [7, 11) is 3.60. The monoisotopic (exact) mass is 801 g/mol. The number of hydrogen-bond donors (Lipinski definition) is 2. The number of benzene rings is 1. The molecule has 0 spiro atoms. The maximum absolute atomic E-state index is 16.9. The van der Waals surface area contributed by atoms with Crippen molar-refractivity contribution >= 4 is 40.6 Å². The van der Waals surface area contributed by atoms with Crippen molar-refractivity contribution in [3.05, 3.63) is 48.2 Å². The number of pyridine rings is 1. The lowest BCUT2D eigenvalue weighted by Crippen LogP contribution is -2.61. The average molecular weight is 802 g/mol. The molecule has 15 heteroatoms. The zero-order valence-electron chi connectivity index (χ0n) is 34.2. The lowest BCUT2D eigenvalue weighted by atomic mass is 9.73. The molecule has 1 aromatic heterocycles. The van der Waals surface area contributed by atoms with Gasteiger partial charge in [-0.3, -0.25) is 19.0 Å². The molecule has 3 fully saturated rings. The molecule has 4 heterocycles. The Morgan fingerprint density at radius 1 is 1.07 bits per heavy atom. The highest BCUT2D eigenvalue weighted by Gasteiger charge is 2.59. The number of nitrogens with one attached hydrogen (secondary N) is 1. The molecular weight excluding hydrogens is 744 g/mol. The third kappa shape index (κ3) is 9.22. The quantitative estimate of drug-likeness (QED) is 0.254. The fraction of sp³-hybridized carbons (Fsp3) is 0.643. The van der Waals surface area contributed by atoms with Crippen molar-refractivity contribution < 1.29 is 56.7 Å². The minimum absolute atomic E-state index is 0.0662. The topological polar surface area (TPSA) is 163 Å². The molecule has 0 unspecified atom stereocenters. The van der Waals surface area contributed by atoms with Gasteiger partial charge in [0.1, 0.15) is 18.0 Å². The Kier molecular flexibility index (Phi) is 13.6. The first-order valence-corrected chi connectivity index (χ1v) is 19.6. The third-order valence-electron chi connectivity index (χ3n) is 11.9. The number of alkyl carbamates (subject to hydrolysis) is 1. The summed E-state index contributed by atoms with van der Waals surface area (Å²) in [5.74, 6) is -6.53. The number of aliphatic hydroxyl groups is 1. The number of amides is 1. The second-order valence-electron chi connectivity index (χ2n) is 16.6. The lowest BCUT2D eigenvalue weighted by molar-refractivity contribution is -0.297. The number of fused-ring (bicyclic) bond motifs is 2. The van der Waals surface area contributed by atoms with Crippen LogP contribution in [0.5, 0.6) is 0 Å². The highest BCUT2D eigenvalue weighted by molar-refractivity contribution is 6.08. The van der Waals surface area contributed by atoms with Gasteiger partial charge in [0.2, 0.25) is 0 Å². The van der Waals surface area contributed by atoms with Crippen LogP contribution in [0.1, 0.15) is 73.3 Å². The van der Waals surface area contributed by atoms with Gasteiger partial charge in [-0.2, -0.15) is 0 Å². The number of nitrogens with zero attached hydrogens (tertiary/aromatic N) is 2. The van der Waals surface area contributed by atoms with Crippen molar-refractivity contribution in [2.75, 3.05) is 27.4 Å². The van der Waals surface area contributed by atoms with Gasteiger partial charge >= 0.3 is 12.1 Å². The number of carbonyl (C=O) groups is 4. The first kappa shape index (κ1) is 44.2. The zero-order valence-corrected chi connectivity index (χ0v) is 34.2. The predicted octanol–water partition coefficient (Wildman–Crippen LogP) is 5.15. The number of carbonyl (C=O) groups excluding carboxylic acids is 4. The molecule has 13 atom stereocenters. The molecule has 1 amide bonds. The van der Waals surface area contributed by atoms with Gasteiger partial charge in [0.15, 0.2) is 17.7 Å². The molecule has 57 heavy (non-hydrogen) atoms. The minimum Gasteiger partial charge on any atom is -0.455 e. The molecule has 5 rings (SSSR count). The number of ketones is 2. The van der Waals surface area contributed by atoms with E-state index in [1.165, 1.54) is 13.8 Å². The average Bonchev–Trinajstić information content (AvgIpc) is 3.48. The number of aromatic nitrogens is 1. The van der Waals surface area contributed by atoms with Crippen LogP contribution in [0.15, 0.2) is 42.6 Å². The zero-order chi connectivity index (χ0) is 42.0. The fourth-order valence-electron chi connectivity index (χ4n) is 8.70. The van der Waals surface area contributed by atoms with Crippen molar-refractivity contribution in [2.45, 2.75) is 127 Å². The molecule has 13 nitrogen and oxygen atoms in total. The predicted molar refractivity (Wildman–Crippen MR) is 206 cm³/mol. The number of halogens is 2. The van der Waals surface area contributed by atoms with E-state index in [1.54, 1.807) is 47.1 Å². The SMILES string of the molecule is C[C@@H]1C[C@H](N(C)C)[C@@H](O)[C@H](O[C@@H]2[C@@H](C)C(=O)[C@](C)(F)C(=O)O[C@H](CCF)[C@@]3(C)OC(=O)N[C@@H]3[C@@H](C)C(=O)[C@H](C)C[C@@]2(C)OC/C=C/c2ccc3cccnc3c2)O1. The van der Waals surface area contributed by atoms with Crippen LogP contribution in [0.4, 0.5) is 13.6 Å². The van der Waals surface area contributed by atoms with Gasteiger partial charge in [-0.05, 0) is 72.3 Å². The molecule has 314 valence electrons. The highest BCUT2D eigenvalue weighted by atomic mass is 19.1. The molecule has 1 aromatic carbocycles. The number of cyclic esters (lactones) is 1. The molecule has 2 aromatic rings. The smallest absolute Gasteiger partial charge is 0.408 e. The highest BCUT2D eigenvalue weighted by Crippen LogP contribution is 2.41. The standard InChI is InChI=1S/C42H57F2N3O10/c1-23-22-40(5,53-19-11-12-27-14-15-28-13-10-18-45-29(28)21-27)36(56-37-33(49)30(47(8)9)20-24(2)54-37)26(4)35(50)41(6,44)38(51)55-31(16-17-43)42(7)34(25(3)32(23)48)46-39(52)57-42/h10-15,18,21,23-26,30-31,33-34,36-37,49H,16-17,19-20,22H2,1-9H3,(H,46,52)/b12-11+/t23-,24-,25+,26+,30+,31-,33-,34-,36-,37+,40-,41+,42-/m1/s1. The molecule has 0 aliphatic carbocycles. The summed E-state index contributed by atoms with van der Waals surface area (Å²) < 4.78 is 61.3. The fourth-order valence-corrected chi connectivity index (χ4v) is 8.70. The Hall–Kier alpha value is -3.89. The maximum atomic E-state index is 16.9. The third-order valence-corrected chi connectivity index (χ3v) is 11.9. The van der Waals surface area contributed by atoms with E-state index in [9.17, 15) is 28.7 Å². The van der Waals surface area contributed by atoms with E-state index in [2.05, 4.69) is 10.3 Å². The van der Waals surface area contributed by atoms with Gasteiger partial charge in [-0.15, -0.1) is 0 Å². The summed E-state index contributed by atoms with van der Waals surface area (Å²) in [6.45, 7) is 9.09. The van der Waals surface area contributed by atoms with E-state index in [-0.39, 0.29) is 18.8 Å². The second kappa shape index (κ2) is 17.5. The van der Waals surface area contributed by atoms with Crippen LogP contribution in [0.25, 0.3) is 17.0 Å². The van der Waals surface area contributed by atoms with E-state index in [1.807, 2.05) is 48.2 Å². The number of likely N-dealkylation sites (N-methyl/N-ethyl adjacent to an activating group) is 1. The van der Waals surface area contributed by atoms with Crippen molar-refractivity contribution in [3.63, 3.8) is 0 Å². The van der Waals surface area contributed by atoms with Crippen LogP contribution < -0.4 is 5.32 Å². The van der Waals surface area contributed by atoms with Crippen molar-refractivity contribution in [1.29, 1.82) is 0 Å². The first-order valence-electron chi connectivity index (χ1n) is 19.6. The van der Waals surface area contributed by atoms with E-state index < -0.39 is 108 Å². The normalized spacial score (nSPS) is 38.5. The van der Waals surface area contributed by atoms with Gasteiger partial charge in [0.25, 0.3) is 5.67 Å². The summed E-state index contributed by atoms with van der Waals surface area (Å²) in [6.07, 6.45) is -1.72. The molecular formula is C42H57F2N3O10. The van der Waals surface area contributed by atoms with Gasteiger partial charge in [0.05, 0.1) is 42.6 Å². The summed E-state index contributed by atoms with van der Waals surface area (Å²) in [4.78, 5) is 61.5. The molecule has 3 saturated heterocycles. The summed E-state index contributed by atoms with van der Waals surface area (Å²) >= 11 is 0. The van der Waals surface area contributed by atoms with Gasteiger partial charge < -0.3 is 39.0 Å². The van der Waals surface area contributed by atoms with Crippen LogP contribution in [-0.4, -0.2) is 126 Å². The maximum Gasteiger partial charge on any atom is 0.408 e. The van der Waals surface area contributed by atoms with E-state index >= 15 is 4.39 Å². The van der Waals surface area contributed by atoms with E-state index in [0.717, 1.165) is 23.4 Å². The number of ether oxygens (including phenoxy) is 5. The Bertz CT molecular complexity index is 1830. The second-order valence-corrected chi connectivity index (χ2v) is 16.6. The van der Waals surface area contributed by atoms with E-state index in [0.29, 0.717) is 6.42 Å². The number of hydrogen-bond acceptors (Lipinski definition) is 12. The van der Waals surface area contributed by atoms with Crippen LogP contribution in [-0.2, 0) is 38.1 Å². The van der Waals surface area contributed by atoms with Gasteiger partial charge in [0, 0.05) is 41.8 Å². The van der Waals surface area contributed by atoms with Crippen LogP contribution in [0, 0.1) is 17.8 Å². The molecule has 3 aliphatic rings. The molecule has 0 saturated carbocycles. The van der Waals surface area contributed by atoms with Crippen molar-refractivity contribution in [3.8, 4) is 0 Å². The molecule has 3 aliphatic heterocycles. The Morgan fingerprint density at radius 2 is 1.79 bits per heavy atom. The Labute approximate surface area is 332 Å². The molecule has 0 radical (unpaired) electrons. The first-order chi connectivity index (χ1) is 26.7. The summed E-state index contributed by atoms with van der Waals surface area (Å²) in [5, 5.41) is 15.1. The number of Topliss-reactive ketones (excluding diaryl/α,β-unsaturated/α-hetero) is 2. The van der Waals surface area contributed by atoms with Crippen molar-refractivity contribution in [1.82, 2.24) is 15.2 Å². The Balaban J connectivity index is 1.59. The largest absolute Gasteiger partial charge is 0.455 e. The molecule has 2 N–H and O–H groups in total. The van der Waals surface area contributed by atoms with Gasteiger partial charge in [-0.1, -0.05) is 51.1 Å². The number of esters is 1. The number of alkyl halides is 2. The lowest BCUT2D eigenvalue weighted by Gasteiger charge is -2.47. The van der Waals surface area contributed by atoms with Crippen LogP contribution in [0.2, 0.25) is 0 Å². The van der Waals surface area contributed by atoms with Gasteiger partial charge in [-0.25, -0.2) is 14.0 Å².